The van der Waals surface area contributed by atoms with Gasteiger partial charge in [0.15, 0.2) is 0 Å². The monoisotopic (exact) mass is 236 g/mol. The van der Waals surface area contributed by atoms with E-state index in [-0.39, 0.29) is 6.10 Å². The summed E-state index contributed by atoms with van der Waals surface area (Å²) >= 11 is 0. The van der Waals surface area contributed by atoms with Crippen LogP contribution in [0.15, 0.2) is 29.4 Å². The molecule has 2 rings (SSSR count). The summed E-state index contributed by atoms with van der Waals surface area (Å²) < 4.78 is 0. The SMILES string of the molecule is CC.O=Nc1ccc(N2CCC(O)CC2)cc1. The molecule has 0 amide bonds. The van der Waals surface area contributed by atoms with Gasteiger partial charge in [-0.1, -0.05) is 13.8 Å². The zero-order valence-corrected chi connectivity index (χ0v) is 10.5. The molecule has 0 saturated carbocycles. The van der Waals surface area contributed by atoms with Gasteiger partial charge in [0, 0.05) is 18.8 Å². The third-order valence-electron chi connectivity index (χ3n) is 2.78. The molecule has 0 spiro atoms. The number of benzene rings is 1. The van der Waals surface area contributed by atoms with Gasteiger partial charge in [-0.3, -0.25) is 0 Å². The van der Waals surface area contributed by atoms with E-state index >= 15 is 0 Å². The number of piperidine rings is 1. The fraction of sp³-hybridized carbons (Fsp3) is 0.538. The Morgan fingerprint density at radius 3 is 2.18 bits per heavy atom. The normalized spacial score (nSPS) is 16.1. The highest BCUT2D eigenvalue weighted by atomic mass is 16.3. The van der Waals surface area contributed by atoms with Crippen LogP contribution in [0.5, 0.6) is 0 Å². The molecular formula is C13H20N2O2. The smallest absolute Gasteiger partial charge is 0.108 e. The predicted octanol–water partition coefficient (Wildman–Crippen LogP) is 3.07. The second-order valence-corrected chi connectivity index (χ2v) is 3.83. The minimum absolute atomic E-state index is 0.155. The Morgan fingerprint density at radius 1 is 1.18 bits per heavy atom. The molecule has 17 heavy (non-hydrogen) atoms. The third kappa shape index (κ3) is 3.82. The van der Waals surface area contributed by atoms with E-state index in [1.54, 1.807) is 12.1 Å². The molecule has 1 N–H and O–H groups in total. The molecule has 0 bridgehead atoms. The van der Waals surface area contributed by atoms with Crippen molar-refractivity contribution in [3.8, 4) is 0 Å². The summed E-state index contributed by atoms with van der Waals surface area (Å²) in [6, 6.07) is 7.23. The van der Waals surface area contributed by atoms with Crippen molar-refractivity contribution in [3.63, 3.8) is 0 Å². The Kier molecular flexibility index (Phi) is 5.63. The Labute approximate surface area is 102 Å². The second kappa shape index (κ2) is 7.01. The third-order valence-corrected chi connectivity index (χ3v) is 2.78. The first-order valence-electron chi connectivity index (χ1n) is 6.16. The topological polar surface area (TPSA) is 52.9 Å². The molecule has 1 heterocycles. The number of anilines is 1. The summed E-state index contributed by atoms with van der Waals surface area (Å²) in [7, 11) is 0. The fourth-order valence-corrected chi connectivity index (χ4v) is 1.85. The van der Waals surface area contributed by atoms with Crippen molar-refractivity contribution in [2.75, 3.05) is 18.0 Å². The molecule has 1 aliphatic rings. The Balaban J connectivity index is 0.000000686. The number of aliphatic hydroxyl groups excluding tert-OH is 1. The van der Waals surface area contributed by atoms with Gasteiger partial charge in [0.25, 0.3) is 0 Å². The van der Waals surface area contributed by atoms with E-state index < -0.39 is 0 Å². The average Bonchev–Trinajstić information content (AvgIpc) is 2.42. The number of rotatable bonds is 2. The fourth-order valence-electron chi connectivity index (χ4n) is 1.85. The van der Waals surface area contributed by atoms with E-state index in [9.17, 15) is 10.0 Å². The van der Waals surface area contributed by atoms with Crippen LogP contribution < -0.4 is 4.90 Å². The van der Waals surface area contributed by atoms with E-state index in [2.05, 4.69) is 10.1 Å². The predicted molar refractivity (Wildman–Crippen MR) is 70.7 cm³/mol. The first-order valence-corrected chi connectivity index (χ1v) is 6.16. The van der Waals surface area contributed by atoms with Crippen LogP contribution in [0, 0.1) is 4.91 Å². The molecule has 0 aliphatic carbocycles. The Hall–Kier alpha value is -1.42. The van der Waals surface area contributed by atoms with Crippen molar-refractivity contribution in [2.45, 2.75) is 32.8 Å². The maximum atomic E-state index is 10.2. The molecule has 94 valence electrons. The zero-order chi connectivity index (χ0) is 12.7. The van der Waals surface area contributed by atoms with Crippen LogP contribution in [0.1, 0.15) is 26.7 Å². The lowest BCUT2D eigenvalue weighted by molar-refractivity contribution is 0.145. The summed E-state index contributed by atoms with van der Waals surface area (Å²) in [5.41, 5.74) is 1.55. The van der Waals surface area contributed by atoms with E-state index in [1.165, 1.54) is 0 Å². The first kappa shape index (κ1) is 13.6. The Bertz CT molecular complexity index is 330. The van der Waals surface area contributed by atoms with Crippen molar-refractivity contribution < 1.29 is 5.11 Å². The maximum Gasteiger partial charge on any atom is 0.108 e. The molecule has 1 saturated heterocycles. The van der Waals surface area contributed by atoms with E-state index in [0.717, 1.165) is 31.6 Å². The van der Waals surface area contributed by atoms with E-state index in [4.69, 9.17) is 0 Å². The highest BCUT2D eigenvalue weighted by Gasteiger charge is 2.16. The summed E-state index contributed by atoms with van der Waals surface area (Å²) in [5.74, 6) is 0. The molecule has 0 atom stereocenters. The largest absolute Gasteiger partial charge is 0.393 e. The molecule has 0 unspecified atom stereocenters. The standard InChI is InChI=1S/C11H14N2O2.C2H6/c14-11-5-7-13(8-6-11)10-3-1-9(12-15)2-4-10;1-2/h1-4,11,14H,5-8H2;1-2H3. The van der Waals surface area contributed by atoms with Crippen molar-refractivity contribution in [2.24, 2.45) is 5.18 Å². The van der Waals surface area contributed by atoms with Crippen molar-refractivity contribution in [1.29, 1.82) is 0 Å². The van der Waals surface area contributed by atoms with Gasteiger partial charge in [-0.25, -0.2) is 0 Å². The Morgan fingerprint density at radius 2 is 1.71 bits per heavy atom. The molecule has 4 nitrogen and oxygen atoms in total. The van der Waals surface area contributed by atoms with Gasteiger partial charge in [-0.05, 0) is 42.3 Å². The van der Waals surface area contributed by atoms with Gasteiger partial charge in [0.1, 0.15) is 5.69 Å². The minimum Gasteiger partial charge on any atom is -0.393 e. The average molecular weight is 236 g/mol. The van der Waals surface area contributed by atoms with Gasteiger partial charge in [-0.2, -0.15) is 0 Å². The van der Waals surface area contributed by atoms with Crippen molar-refractivity contribution in [1.82, 2.24) is 0 Å². The van der Waals surface area contributed by atoms with Crippen LogP contribution in [0.4, 0.5) is 11.4 Å². The first-order chi connectivity index (χ1) is 8.29. The summed E-state index contributed by atoms with van der Waals surface area (Å²) in [4.78, 5) is 12.5. The van der Waals surface area contributed by atoms with Crippen molar-refractivity contribution in [3.05, 3.63) is 29.2 Å². The van der Waals surface area contributed by atoms with Gasteiger partial charge < -0.3 is 10.0 Å². The van der Waals surface area contributed by atoms with Crippen molar-refractivity contribution >= 4 is 11.4 Å². The van der Waals surface area contributed by atoms with Crippen LogP contribution in [0.2, 0.25) is 0 Å². The number of nitroso groups, excluding NO2 is 1. The van der Waals surface area contributed by atoms with Crippen LogP contribution in [0.25, 0.3) is 0 Å². The lowest BCUT2D eigenvalue weighted by atomic mass is 10.1. The van der Waals surface area contributed by atoms with E-state index in [1.807, 2.05) is 26.0 Å². The molecule has 1 aliphatic heterocycles. The van der Waals surface area contributed by atoms with Crippen LogP contribution in [-0.4, -0.2) is 24.3 Å². The molecule has 4 heteroatoms. The number of hydrogen-bond donors (Lipinski definition) is 1. The van der Waals surface area contributed by atoms with E-state index in [0.29, 0.717) is 5.69 Å². The minimum atomic E-state index is -0.155. The van der Waals surface area contributed by atoms with Crippen LogP contribution >= 0.6 is 0 Å². The zero-order valence-electron chi connectivity index (χ0n) is 10.5. The quantitative estimate of drug-likeness (QED) is 0.803. The lowest BCUT2D eigenvalue weighted by Gasteiger charge is -2.31. The van der Waals surface area contributed by atoms with Gasteiger partial charge >= 0.3 is 0 Å². The van der Waals surface area contributed by atoms with Gasteiger partial charge in [-0.15, -0.1) is 4.91 Å². The number of hydrogen-bond acceptors (Lipinski definition) is 4. The highest BCUT2D eigenvalue weighted by molar-refractivity contribution is 5.52. The van der Waals surface area contributed by atoms with Crippen LogP contribution in [0.3, 0.4) is 0 Å². The second-order valence-electron chi connectivity index (χ2n) is 3.83. The molecule has 1 fully saturated rings. The maximum absolute atomic E-state index is 10.2. The highest BCUT2D eigenvalue weighted by Crippen LogP contribution is 2.22. The van der Waals surface area contributed by atoms with Gasteiger partial charge in [0.05, 0.1) is 6.10 Å². The number of aliphatic hydroxyl groups is 1. The molecule has 0 radical (unpaired) electrons. The summed E-state index contributed by atoms with van der Waals surface area (Å²) in [5, 5.41) is 12.2. The summed E-state index contributed by atoms with van der Waals surface area (Å²) in [6.45, 7) is 5.74. The lowest BCUT2D eigenvalue weighted by Crippen LogP contribution is -2.35. The molecular weight excluding hydrogens is 216 g/mol. The van der Waals surface area contributed by atoms with Gasteiger partial charge in [0.2, 0.25) is 0 Å². The molecule has 1 aromatic rings. The number of nitrogens with zero attached hydrogens (tertiary/aromatic N) is 2. The summed E-state index contributed by atoms with van der Waals surface area (Å²) in [6.07, 6.45) is 1.47. The van der Waals surface area contributed by atoms with Crippen LogP contribution in [-0.2, 0) is 0 Å². The molecule has 0 aromatic heterocycles. The molecule has 1 aromatic carbocycles.